The van der Waals surface area contributed by atoms with Crippen molar-refractivity contribution in [2.75, 3.05) is 25.1 Å². The van der Waals surface area contributed by atoms with Gasteiger partial charge in [0, 0.05) is 18.3 Å². The molecule has 1 aliphatic rings. The van der Waals surface area contributed by atoms with Gasteiger partial charge in [0.15, 0.2) is 0 Å². The maximum Gasteiger partial charge on any atom is 0.344 e. The Morgan fingerprint density at radius 3 is 2.59 bits per heavy atom. The minimum absolute atomic E-state index is 0.0832. The fourth-order valence-electron chi connectivity index (χ4n) is 3.60. The van der Waals surface area contributed by atoms with Crippen molar-refractivity contribution < 1.29 is 24.2 Å². The zero-order valence-corrected chi connectivity index (χ0v) is 18.6. The van der Waals surface area contributed by atoms with Crippen molar-refractivity contribution in [1.82, 2.24) is 15.8 Å². The molecule has 9 heteroatoms. The molecule has 2 aromatic carbocycles. The number of benzene rings is 2. The maximum atomic E-state index is 13.1. The van der Waals surface area contributed by atoms with Crippen LogP contribution >= 0.6 is 0 Å². The lowest BCUT2D eigenvalue weighted by Gasteiger charge is -2.27. The lowest BCUT2D eigenvalue weighted by molar-refractivity contribution is -0.138. The molecular formula is C23H28N4O5. The molecule has 0 radical (unpaired) electrons. The number of ether oxygens (including phenoxy) is 1. The SMILES string of the molecule is COc1cccc([C@]2(C)NC(=O)N(NC(=O)CN(CC(C)C)c3cccc(O)c3)C2=O)c1. The predicted octanol–water partition coefficient (Wildman–Crippen LogP) is 2.36. The van der Waals surface area contributed by atoms with Crippen LogP contribution in [0.25, 0.3) is 0 Å². The molecule has 3 rings (SSSR count). The van der Waals surface area contributed by atoms with E-state index in [2.05, 4.69) is 10.7 Å². The first-order valence-corrected chi connectivity index (χ1v) is 10.3. The Bertz CT molecular complexity index is 1020. The molecule has 9 nitrogen and oxygen atoms in total. The number of phenolic OH excluding ortho intramolecular Hbond substituents is 1. The lowest BCUT2D eigenvalue weighted by Crippen LogP contribution is -2.51. The molecule has 4 amide bonds. The van der Waals surface area contributed by atoms with E-state index < -0.39 is 23.4 Å². The average Bonchev–Trinajstić information content (AvgIpc) is 2.97. The van der Waals surface area contributed by atoms with Gasteiger partial charge in [0.25, 0.3) is 11.8 Å². The zero-order chi connectivity index (χ0) is 23.5. The molecule has 32 heavy (non-hydrogen) atoms. The number of imide groups is 1. The van der Waals surface area contributed by atoms with Crippen LogP contribution in [-0.4, -0.2) is 48.2 Å². The van der Waals surface area contributed by atoms with Gasteiger partial charge >= 0.3 is 6.03 Å². The fraction of sp³-hybridized carbons (Fsp3) is 0.348. The first-order valence-electron chi connectivity index (χ1n) is 10.3. The number of hydrazine groups is 1. The van der Waals surface area contributed by atoms with Crippen LogP contribution < -0.4 is 20.4 Å². The van der Waals surface area contributed by atoms with E-state index in [0.29, 0.717) is 28.6 Å². The van der Waals surface area contributed by atoms with Crippen molar-refractivity contribution in [2.45, 2.75) is 26.3 Å². The summed E-state index contributed by atoms with van der Waals surface area (Å²) in [6.45, 7) is 6.02. The van der Waals surface area contributed by atoms with Gasteiger partial charge in [0.05, 0.1) is 13.7 Å². The van der Waals surface area contributed by atoms with Gasteiger partial charge in [-0.3, -0.25) is 15.0 Å². The Morgan fingerprint density at radius 1 is 1.22 bits per heavy atom. The molecule has 2 aromatic rings. The van der Waals surface area contributed by atoms with E-state index in [1.54, 1.807) is 60.4 Å². The summed E-state index contributed by atoms with van der Waals surface area (Å²) >= 11 is 0. The predicted molar refractivity (Wildman–Crippen MR) is 119 cm³/mol. The van der Waals surface area contributed by atoms with Crippen molar-refractivity contribution in [3.8, 4) is 11.5 Å². The number of hydrogen-bond acceptors (Lipinski definition) is 6. The van der Waals surface area contributed by atoms with Crippen LogP contribution in [0.2, 0.25) is 0 Å². The first-order chi connectivity index (χ1) is 15.1. The first kappa shape index (κ1) is 22.9. The standard InChI is InChI=1S/C23H28N4O5/c1-15(2)13-26(17-8-6-9-18(28)12-17)14-20(29)25-27-21(30)23(3,24-22(27)31)16-7-5-10-19(11-16)32-4/h5-12,15,28H,13-14H2,1-4H3,(H,24,31)(H,25,29)/t23-/m0/s1. The second-order valence-electron chi connectivity index (χ2n) is 8.26. The van der Waals surface area contributed by atoms with E-state index in [9.17, 15) is 19.5 Å². The molecule has 0 spiro atoms. The highest BCUT2D eigenvalue weighted by molar-refractivity contribution is 6.08. The number of nitrogens with zero attached hydrogens (tertiary/aromatic N) is 2. The number of methoxy groups -OCH3 is 1. The Morgan fingerprint density at radius 2 is 1.94 bits per heavy atom. The molecule has 1 saturated heterocycles. The number of anilines is 1. The van der Waals surface area contributed by atoms with Gasteiger partial charge in [-0.1, -0.05) is 32.0 Å². The van der Waals surface area contributed by atoms with Gasteiger partial charge in [0.1, 0.15) is 17.0 Å². The van der Waals surface area contributed by atoms with Crippen LogP contribution in [0.15, 0.2) is 48.5 Å². The molecule has 0 aliphatic carbocycles. The average molecular weight is 441 g/mol. The van der Waals surface area contributed by atoms with Gasteiger partial charge in [-0.25, -0.2) is 4.79 Å². The molecule has 3 N–H and O–H groups in total. The number of aromatic hydroxyl groups is 1. The minimum Gasteiger partial charge on any atom is -0.508 e. The van der Waals surface area contributed by atoms with Crippen LogP contribution in [0.1, 0.15) is 26.3 Å². The third-order valence-electron chi connectivity index (χ3n) is 5.19. The summed E-state index contributed by atoms with van der Waals surface area (Å²) in [6.07, 6.45) is 0. The Kier molecular flexibility index (Phi) is 6.57. The third-order valence-corrected chi connectivity index (χ3v) is 5.19. The number of amides is 4. The Hall–Kier alpha value is -3.75. The molecule has 0 saturated carbocycles. The van der Waals surface area contributed by atoms with Crippen molar-refractivity contribution in [2.24, 2.45) is 5.92 Å². The monoisotopic (exact) mass is 440 g/mol. The van der Waals surface area contributed by atoms with Crippen molar-refractivity contribution in [1.29, 1.82) is 0 Å². The normalized spacial score (nSPS) is 18.0. The van der Waals surface area contributed by atoms with Crippen molar-refractivity contribution >= 4 is 23.5 Å². The zero-order valence-electron chi connectivity index (χ0n) is 18.6. The van der Waals surface area contributed by atoms with E-state index in [1.165, 1.54) is 7.11 Å². The summed E-state index contributed by atoms with van der Waals surface area (Å²) in [5, 5.41) is 13.1. The molecule has 1 aliphatic heterocycles. The summed E-state index contributed by atoms with van der Waals surface area (Å²) in [5.41, 5.74) is 2.27. The van der Waals surface area contributed by atoms with Gasteiger partial charge in [0.2, 0.25) is 0 Å². The highest BCUT2D eigenvalue weighted by atomic mass is 16.5. The molecule has 1 fully saturated rings. The molecule has 0 unspecified atom stereocenters. The van der Waals surface area contributed by atoms with Crippen LogP contribution in [0.5, 0.6) is 11.5 Å². The Balaban J connectivity index is 1.76. The van der Waals surface area contributed by atoms with Gasteiger partial charge in [-0.2, -0.15) is 5.01 Å². The summed E-state index contributed by atoms with van der Waals surface area (Å²) in [7, 11) is 1.51. The number of carbonyl (C=O) groups excluding carboxylic acids is 3. The highest BCUT2D eigenvalue weighted by Crippen LogP contribution is 2.30. The van der Waals surface area contributed by atoms with Crippen molar-refractivity contribution in [3.05, 3.63) is 54.1 Å². The number of hydrogen-bond donors (Lipinski definition) is 3. The van der Waals surface area contributed by atoms with E-state index >= 15 is 0 Å². The molecular weight excluding hydrogens is 412 g/mol. The molecule has 0 aromatic heterocycles. The van der Waals surface area contributed by atoms with E-state index in [1.807, 2.05) is 13.8 Å². The lowest BCUT2D eigenvalue weighted by atomic mass is 9.92. The summed E-state index contributed by atoms with van der Waals surface area (Å²) in [4.78, 5) is 40.2. The summed E-state index contributed by atoms with van der Waals surface area (Å²) in [6, 6.07) is 12.7. The van der Waals surface area contributed by atoms with Gasteiger partial charge in [-0.15, -0.1) is 0 Å². The number of carbonyl (C=O) groups is 3. The quantitative estimate of drug-likeness (QED) is 0.544. The smallest absolute Gasteiger partial charge is 0.344 e. The summed E-state index contributed by atoms with van der Waals surface area (Å²) in [5.74, 6) is -0.272. The molecule has 1 heterocycles. The van der Waals surface area contributed by atoms with E-state index in [0.717, 1.165) is 0 Å². The molecule has 170 valence electrons. The molecule has 1 atom stereocenters. The number of urea groups is 1. The third kappa shape index (κ3) is 4.77. The van der Waals surface area contributed by atoms with Crippen LogP contribution in [-0.2, 0) is 15.1 Å². The summed E-state index contributed by atoms with van der Waals surface area (Å²) < 4.78 is 5.21. The minimum atomic E-state index is -1.35. The van der Waals surface area contributed by atoms with Crippen LogP contribution in [0.4, 0.5) is 10.5 Å². The number of nitrogens with one attached hydrogen (secondary N) is 2. The van der Waals surface area contributed by atoms with E-state index in [4.69, 9.17) is 4.74 Å². The van der Waals surface area contributed by atoms with Gasteiger partial charge < -0.3 is 20.1 Å². The maximum absolute atomic E-state index is 13.1. The molecule has 0 bridgehead atoms. The highest BCUT2D eigenvalue weighted by Gasteiger charge is 2.50. The number of rotatable bonds is 8. The second kappa shape index (κ2) is 9.17. The van der Waals surface area contributed by atoms with Crippen LogP contribution in [0.3, 0.4) is 0 Å². The largest absolute Gasteiger partial charge is 0.508 e. The fourth-order valence-corrected chi connectivity index (χ4v) is 3.60. The van der Waals surface area contributed by atoms with Crippen LogP contribution in [0, 0.1) is 5.92 Å². The second-order valence-corrected chi connectivity index (χ2v) is 8.26. The number of phenols is 1. The van der Waals surface area contributed by atoms with Crippen molar-refractivity contribution in [3.63, 3.8) is 0 Å². The van der Waals surface area contributed by atoms with Gasteiger partial charge in [-0.05, 0) is 42.7 Å². The van der Waals surface area contributed by atoms with E-state index in [-0.39, 0.29) is 18.2 Å². The topological polar surface area (TPSA) is 111 Å². The Labute approximate surface area is 186 Å².